The number of hydrogen-bond donors (Lipinski definition) is 2. The van der Waals surface area contributed by atoms with Crippen molar-refractivity contribution in [1.82, 2.24) is 10.2 Å². The van der Waals surface area contributed by atoms with Gasteiger partial charge < -0.3 is 20.1 Å². The number of morpholine rings is 1. The van der Waals surface area contributed by atoms with E-state index in [1.54, 1.807) is 6.92 Å². The molecule has 0 bridgehead atoms. The molecule has 0 saturated carbocycles. The van der Waals surface area contributed by atoms with E-state index in [2.05, 4.69) is 5.32 Å². The number of benzene rings is 1. The van der Waals surface area contributed by atoms with Crippen LogP contribution in [-0.2, 0) is 25.7 Å². The van der Waals surface area contributed by atoms with Crippen LogP contribution in [0.4, 0.5) is 0 Å². The average molecular weight is 362 g/mol. The first-order chi connectivity index (χ1) is 12.3. The van der Waals surface area contributed by atoms with Gasteiger partial charge in [0, 0.05) is 6.54 Å². The minimum atomic E-state index is -1.09. The Morgan fingerprint density at radius 2 is 1.96 bits per heavy atom. The van der Waals surface area contributed by atoms with Crippen LogP contribution in [0, 0.1) is 5.92 Å². The quantitative estimate of drug-likeness (QED) is 0.765. The van der Waals surface area contributed by atoms with E-state index in [9.17, 15) is 19.5 Å². The Kier molecular flexibility index (Phi) is 6.74. The third-order valence-corrected chi connectivity index (χ3v) is 4.36. The number of aliphatic carboxylic acids is 1. The molecule has 3 atom stereocenters. The molecule has 1 aliphatic rings. The standard InChI is InChI=1S/C19H26N2O5/c1-12(2)9-15(19(24)25)20-18(23)17-13(3)26-11-16(22)21(17)10-14-7-5-4-6-8-14/h4-8,12-13,15,17H,9-11H2,1-3H3,(H,20,23)(H,24,25)/t13-,15-,17+/m1/s1. The lowest BCUT2D eigenvalue weighted by Crippen LogP contribution is -2.61. The SMILES string of the molecule is CC(C)C[C@@H](NC(=O)[C@@H]1[C@@H](C)OCC(=O)N1Cc1ccccc1)C(=O)O. The summed E-state index contributed by atoms with van der Waals surface area (Å²) in [5, 5.41) is 11.9. The van der Waals surface area contributed by atoms with Crippen molar-refractivity contribution >= 4 is 17.8 Å². The van der Waals surface area contributed by atoms with Gasteiger partial charge in [0.1, 0.15) is 18.7 Å². The highest BCUT2D eigenvalue weighted by Gasteiger charge is 2.40. The molecule has 0 unspecified atom stereocenters. The number of nitrogens with zero attached hydrogens (tertiary/aromatic N) is 1. The molecule has 1 heterocycles. The summed E-state index contributed by atoms with van der Waals surface area (Å²) in [6.07, 6.45) is -0.208. The molecule has 2 amide bonds. The number of carboxylic acids is 1. The van der Waals surface area contributed by atoms with Gasteiger partial charge >= 0.3 is 5.97 Å². The topological polar surface area (TPSA) is 95.9 Å². The van der Waals surface area contributed by atoms with E-state index in [1.807, 2.05) is 44.2 Å². The number of rotatable bonds is 7. The fraction of sp³-hybridized carbons (Fsp3) is 0.526. The van der Waals surface area contributed by atoms with Crippen LogP contribution in [0.2, 0.25) is 0 Å². The zero-order chi connectivity index (χ0) is 19.3. The lowest BCUT2D eigenvalue weighted by Gasteiger charge is -2.39. The summed E-state index contributed by atoms with van der Waals surface area (Å²) in [5.74, 6) is -1.77. The average Bonchev–Trinajstić information content (AvgIpc) is 2.58. The Bertz CT molecular complexity index is 647. The highest BCUT2D eigenvalue weighted by atomic mass is 16.5. The lowest BCUT2D eigenvalue weighted by molar-refractivity contribution is -0.164. The fourth-order valence-electron chi connectivity index (χ4n) is 3.06. The van der Waals surface area contributed by atoms with E-state index in [4.69, 9.17) is 4.74 Å². The molecule has 7 nitrogen and oxygen atoms in total. The summed E-state index contributed by atoms with van der Waals surface area (Å²) in [4.78, 5) is 38.1. The van der Waals surface area contributed by atoms with Gasteiger partial charge in [0.15, 0.2) is 0 Å². The van der Waals surface area contributed by atoms with Gasteiger partial charge in [-0.1, -0.05) is 44.2 Å². The van der Waals surface area contributed by atoms with Gasteiger partial charge in [-0.25, -0.2) is 4.79 Å². The molecular formula is C19H26N2O5. The summed E-state index contributed by atoms with van der Waals surface area (Å²) in [7, 11) is 0. The molecule has 7 heteroatoms. The first kappa shape index (κ1) is 19.9. The van der Waals surface area contributed by atoms with E-state index in [-0.39, 0.29) is 25.0 Å². The molecule has 1 aliphatic heterocycles. The maximum absolute atomic E-state index is 12.8. The minimum Gasteiger partial charge on any atom is -0.480 e. The van der Waals surface area contributed by atoms with Crippen LogP contribution in [0.15, 0.2) is 30.3 Å². The summed E-state index contributed by atoms with van der Waals surface area (Å²) in [5.41, 5.74) is 0.893. The highest BCUT2D eigenvalue weighted by Crippen LogP contribution is 2.19. The van der Waals surface area contributed by atoms with Crippen LogP contribution in [0.1, 0.15) is 32.8 Å². The molecule has 0 aliphatic carbocycles. The normalized spacial score (nSPS) is 21.5. The monoisotopic (exact) mass is 362 g/mol. The number of carboxylic acid groups (broad SMARTS) is 1. The van der Waals surface area contributed by atoms with Crippen molar-refractivity contribution in [2.45, 2.75) is 51.9 Å². The number of amides is 2. The smallest absolute Gasteiger partial charge is 0.326 e. The van der Waals surface area contributed by atoms with Crippen molar-refractivity contribution in [1.29, 1.82) is 0 Å². The number of carbonyl (C=O) groups is 3. The van der Waals surface area contributed by atoms with Crippen molar-refractivity contribution in [2.75, 3.05) is 6.61 Å². The van der Waals surface area contributed by atoms with Gasteiger partial charge in [0.25, 0.3) is 0 Å². The Hall–Kier alpha value is -2.41. The summed E-state index contributed by atoms with van der Waals surface area (Å²) in [6, 6.07) is 7.49. The molecule has 1 aromatic carbocycles. The van der Waals surface area contributed by atoms with E-state index in [0.29, 0.717) is 6.42 Å². The van der Waals surface area contributed by atoms with Crippen LogP contribution in [0.25, 0.3) is 0 Å². The van der Waals surface area contributed by atoms with Crippen molar-refractivity contribution in [3.05, 3.63) is 35.9 Å². The van der Waals surface area contributed by atoms with Gasteiger partial charge in [0.2, 0.25) is 11.8 Å². The summed E-state index contributed by atoms with van der Waals surface area (Å²) < 4.78 is 5.42. The lowest BCUT2D eigenvalue weighted by atomic mass is 10.0. The van der Waals surface area contributed by atoms with E-state index >= 15 is 0 Å². The Labute approximate surface area is 153 Å². The fourth-order valence-corrected chi connectivity index (χ4v) is 3.06. The van der Waals surface area contributed by atoms with Gasteiger partial charge in [-0.05, 0) is 24.8 Å². The van der Waals surface area contributed by atoms with Crippen LogP contribution < -0.4 is 5.32 Å². The zero-order valence-corrected chi connectivity index (χ0v) is 15.3. The van der Waals surface area contributed by atoms with Crippen LogP contribution in [0.5, 0.6) is 0 Å². The van der Waals surface area contributed by atoms with Crippen molar-refractivity contribution in [2.24, 2.45) is 5.92 Å². The Balaban J connectivity index is 2.19. The van der Waals surface area contributed by atoms with Crippen LogP contribution in [-0.4, -0.2) is 52.6 Å². The Morgan fingerprint density at radius 3 is 2.54 bits per heavy atom. The predicted molar refractivity (Wildman–Crippen MR) is 95.2 cm³/mol. The second-order valence-corrected chi connectivity index (χ2v) is 7.00. The van der Waals surface area contributed by atoms with E-state index in [1.165, 1.54) is 4.90 Å². The van der Waals surface area contributed by atoms with E-state index < -0.39 is 30.1 Å². The number of nitrogens with one attached hydrogen (secondary N) is 1. The molecule has 1 fully saturated rings. The first-order valence-electron chi connectivity index (χ1n) is 8.77. The molecule has 2 rings (SSSR count). The Morgan fingerprint density at radius 1 is 1.31 bits per heavy atom. The maximum atomic E-state index is 12.8. The second kappa shape index (κ2) is 8.80. The zero-order valence-electron chi connectivity index (χ0n) is 15.3. The molecule has 1 aromatic rings. The van der Waals surface area contributed by atoms with Crippen LogP contribution >= 0.6 is 0 Å². The van der Waals surface area contributed by atoms with Crippen molar-refractivity contribution < 1.29 is 24.2 Å². The van der Waals surface area contributed by atoms with Gasteiger partial charge in [0.05, 0.1) is 6.10 Å². The maximum Gasteiger partial charge on any atom is 0.326 e. The molecule has 26 heavy (non-hydrogen) atoms. The van der Waals surface area contributed by atoms with E-state index in [0.717, 1.165) is 5.56 Å². The molecular weight excluding hydrogens is 336 g/mol. The summed E-state index contributed by atoms with van der Waals surface area (Å²) >= 11 is 0. The third-order valence-electron chi connectivity index (χ3n) is 4.36. The minimum absolute atomic E-state index is 0.0911. The number of carbonyl (C=O) groups excluding carboxylic acids is 2. The molecule has 0 aromatic heterocycles. The predicted octanol–water partition coefficient (Wildman–Crippen LogP) is 1.42. The first-order valence-corrected chi connectivity index (χ1v) is 8.77. The van der Waals surface area contributed by atoms with Crippen molar-refractivity contribution in [3.63, 3.8) is 0 Å². The second-order valence-electron chi connectivity index (χ2n) is 7.00. The number of hydrogen-bond acceptors (Lipinski definition) is 4. The largest absolute Gasteiger partial charge is 0.480 e. The molecule has 142 valence electrons. The molecule has 2 N–H and O–H groups in total. The third kappa shape index (κ3) is 5.05. The molecule has 1 saturated heterocycles. The number of ether oxygens (including phenoxy) is 1. The molecule has 0 radical (unpaired) electrons. The van der Waals surface area contributed by atoms with Gasteiger partial charge in [-0.15, -0.1) is 0 Å². The van der Waals surface area contributed by atoms with Crippen LogP contribution in [0.3, 0.4) is 0 Å². The summed E-state index contributed by atoms with van der Waals surface area (Å²) in [6.45, 7) is 5.67. The van der Waals surface area contributed by atoms with Gasteiger partial charge in [-0.2, -0.15) is 0 Å². The molecule has 0 spiro atoms. The van der Waals surface area contributed by atoms with Crippen molar-refractivity contribution in [3.8, 4) is 0 Å². The van der Waals surface area contributed by atoms with Gasteiger partial charge in [-0.3, -0.25) is 9.59 Å². The highest BCUT2D eigenvalue weighted by molar-refractivity contribution is 5.92.